The number of hydrogen-bond donors (Lipinski definition) is 4. The van der Waals surface area contributed by atoms with Gasteiger partial charge in [-0.25, -0.2) is 4.99 Å². The molecule has 0 spiro atoms. The lowest BCUT2D eigenvalue weighted by Gasteiger charge is -1.91. The summed E-state index contributed by atoms with van der Waals surface area (Å²) < 4.78 is 0. The van der Waals surface area contributed by atoms with Gasteiger partial charge in [0, 0.05) is 16.6 Å². The van der Waals surface area contributed by atoms with Crippen molar-refractivity contribution in [2.24, 2.45) is 16.5 Å². The first-order valence-corrected chi connectivity index (χ1v) is 4.51. The monoisotopic (exact) mass is 204 g/mol. The van der Waals surface area contributed by atoms with Crippen molar-refractivity contribution in [3.8, 4) is 5.75 Å². The van der Waals surface area contributed by atoms with Gasteiger partial charge in [0.05, 0.1) is 6.54 Å². The Kier molecular flexibility index (Phi) is 2.21. The van der Waals surface area contributed by atoms with Crippen LogP contribution in [0, 0.1) is 0 Å². The second-order valence-electron chi connectivity index (χ2n) is 3.31. The second kappa shape index (κ2) is 3.53. The number of aromatic nitrogens is 1. The van der Waals surface area contributed by atoms with Crippen molar-refractivity contribution in [1.82, 2.24) is 4.98 Å². The zero-order valence-electron chi connectivity index (χ0n) is 8.07. The number of benzene rings is 1. The molecule has 0 amide bonds. The Morgan fingerprint density at radius 3 is 2.87 bits per heavy atom. The first kappa shape index (κ1) is 9.39. The maximum atomic E-state index is 9.28. The summed E-state index contributed by atoms with van der Waals surface area (Å²) in [7, 11) is 0. The first-order valence-electron chi connectivity index (χ1n) is 4.51. The quantitative estimate of drug-likeness (QED) is 0.426. The highest BCUT2D eigenvalue weighted by molar-refractivity contribution is 5.82. The van der Waals surface area contributed by atoms with E-state index in [2.05, 4.69) is 9.98 Å². The molecule has 0 unspecified atom stereocenters. The molecule has 2 aromatic rings. The number of phenols is 1. The van der Waals surface area contributed by atoms with Crippen molar-refractivity contribution in [3.63, 3.8) is 0 Å². The van der Waals surface area contributed by atoms with Crippen molar-refractivity contribution in [2.45, 2.75) is 6.54 Å². The lowest BCUT2D eigenvalue weighted by atomic mass is 10.2. The Labute approximate surface area is 86.4 Å². The van der Waals surface area contributed by atoms with Crippen molar-refractivity contribution in [1.29, 1.82) is 0 Å². The molecule has 78 valence electrons. The number of aliphatic imine (C=N–C) groups is 1. The molecule has 0 aliphatic heterocycles. The minimum Gasteiger partial charge on any atom is -0.508 e. The Balaban J connectivity index is 2.35. The topological polar surface area (TPSA) is 100 Å². The maximum absolute atomic E-state index is 9.28. The van der Waals surface area contributed by atoms with Gasteiger partial charge in [-0.05, 0) is 24.3 Å². The molecular weight excluding hydrogens is 192 g/mol. The summed E-state index contributed by atoms with van der Waals surface area (Å²) in [5, 5.41) is 10.2. The third kappa shape index (κ3) is 2.01. The first-order chi connectivity index (χ1) is 7.15. The van der Waals surface area contributed by atoms with Crippen molar-refractivity contribution in [2.75, 3.05) is 0 Å². The number of fused-ring (bicyclic) bond motifs is 1. The molecule has 0 atom stereocenters. The third-order valence-corrected chi connectivity index (χ3v) is 2.09. The predicted molar refractivity (Wildman–Crippen MR) is 59.5 cm³/mol. The van der Waals surface area contributed by atoms with E-state index in [0.717, 1.165) is 16.6 Å². The molecule has 6 N–H and O–H groups in total. The van der Waals surface area contributed by atoms with E-state index < -0.39 is 0 Å². The number of guanidine groups is 1. The summed E-state index contributed by atoms with van der Waals surface area (Å²) in [5.74, 6) is 0.311. The zero-order valence-corrected chi connectivity index (χ0v) is 8.07. The molecule has 0 bridgehead atoms. The van der Waals surface area contributed by atoms with Gasteiger partial charge in [0.15, 0.2) is 5.96 Å². The SMILES string of the molecule is NC(N)=NCc1cc2cc(O)ccc2[nH]1. The molecule has 0 saturated carbocycles. The average Bonchev–Trinajstić information content (AvgIpc) is 2.56. The van der Waals surface area contributed by atoms with Crippen LogP contribution in [0.4, 0.5) is 0 Å². The van der Waals surface area contributed by atoms with Crippen LogP contribution in [-0.4, -0.2) is 16.1 Å². The molecule has 1 aromatic heterocycles. The van der Waals surface area contributed by atoms with Gasteiger partial charge >= 0.3 is 0 Å². The van der Waals surface area contributed by atoms with Gasteiger partial charge in [-0.15, -0.1) is 0 Å². The molecule has 0 saturated heterocycles. The molecule has 5 heteroatoms. The maximum Gasteiger partial charge on any atom is 0.186 e. The Hall–Kier alpha value is -2.17. The standard InChI is InChI=1S/C10H12N4O/c11-10(12)13-5-7-3-6-4-8(15)1-2-9(6)14-7/h1-4,14-15H,5H2,(H4,11,12,13). The summed E-state index contributed by atoms with van der Waals surface area (Å²) in [4.78, 5) is 7.04. The number of H-pyrrole nitrogens is 1. The van der Waals surface area contributed by atoms with Gasteiger partial charge in [-0.3, -0.25) is 0 Å². The highest BCUT2D eigenvalue weighted by Crippen LogP contribution is 2.20. The summed E-state index contributed by atoms with van der Waals surface area (Å²) in [6.07, 6.45) is 0. The minimum atomic E-state index is 0.0662. The van der Waals surface area contributed by atoms with Crippen LogP contribution in [0.2, 0.25) is 0 Å². The fraction of sp³-hybridized carbons (Fsp3) is 0.100. The number of rotatable bonds is 2. The van der Waals surface area contributed by atoms with E-state index in [1.165, 1.54) is 0 Å². The smallest absolute Gasteiger partial charge is 0.186 e. The molecule has 0 radical (unpaired) electrons. The van der Waals surface area contributed by atoms with Gasteiger partial charge in [-0.1, -0.05) is 0 Å². The molecule has 0 aliphatic rings. The normalized spacial score (nSPS) is 10.4. The minimum absolute atomic E-state index is 0.0662. The Bertz CT molecular complexity index is 511. The fourth-order valence-corrected chi connectivity index (χ4v) is 1.44. The molecule has 5 nitrogen and oxygen atoms in total. The van der Waals surface area contributed by atoms with Crippen LogP contribution in [0.5, 0.6) is 5.75 Å². The van der Waals surface area contributed by atoms with Crippen molar-refractivity contribution >= 4 is 16.9 Å². The second-order valence-corrected chi connectivity index (χ2v) is 3.31. The number of hydrogen-bond acceptors (Lipinski definition) is 2. The largest absolute Gasteiger partial charge is 0.508 e. The molecular formula is C10H12N4O. The van der Waals surface area contributed by atoms with Crippen molar-refractivity contribution in [3.05, 3.63) is 30.0 Å². The van der Waals surface area contributed by atoms with Gasteiger partial charge in [0.1, 0.15) is 5.75 Å². The summed E-state index contributed by atoms with van der Waals surface area (Å²) in [5.41, 5.74) is 12.3. The number of nitrogens with one attached hydrogen (secondary N) is 1. The van der Waals surface area contributed by atoms with Gasteiger partial charge in [-0.2, -0.15) is 0 Å². The predicted octanol–water partition coefficient (Wildman–Crippen LogP) is 0.647. The van der Waals surface area contributed by atoms with Crippen LogP contribution in [0.1, 0.15) is 5.69 Å². The lowest BCUT2D eigenvalue weighted by Crippen LogP contribution is -2.22. The third-order valence-electron chi connectivity index (χ3n) is 2.09. The molecule has 0 fully saturated rings. The highest BCUT2D eigenvalue weighted by Gasteiger charge is 2.00. The lowest BCUT2D eigenvalue weighted by molar-refractivity contribution is 0.476. The summed E-state index contributed by atoms with van der Waals surface area (Å²) in [6, 6.07) is 7.03. The van der Waals surface area contributed by atoms with E-state index in [-0.39, 0.29) is 11.7 Å². The Morgan fingerprint density at radius 1 is 1.33 bits per heavy atom. The molecule has 2 rings (SSSR count). The van der Waals surface area contributed by atoms with E-state index >= 15 is 0 Å². The zero-order chi connectivity index (χ0) is 10.8. The molecule has 15 heavy (non-hydrogen) atoms. The van der Waals surface area contributed by atoms with E-state index in [4.69, 9.17) is 11.5 Å². The number of nitrogens with zero attached hydrogens (tertiary/aromatic N) is 1. The van der Waals surface area contributed by atoms with E-state index in [9.17, 15) is 5.11 Å². The van der Waals surface area contributed by atoms with E-state index in [1.807, 2.05) is 12.1 Å². The number of phenolic OH excluding ortho intramolecular Hbond substituents is 1. The highest BCUT2D eigenvalue weighted by atomic mass is 16.3. The fourth-order valence-electron chi connectivity index (χ4n) is 1.44. The number of aromatic hydroxyl groups is 1. The van der Waals surface area contributed by atoms with E-state index in [0.29, 0.717) is 6.54 Å². The molecule has 1 aromatic carbocycles. The summed E-state index contributed by atoms with van der Waals surface area (Å²) >= 11 is 0. The molecule has 0 aliphatic carbocycles. The number of aromatic amines is 1. The number of nitrogens with two attached hydrogens (primary N) is 2. The van der Waals surface area contributed by atoms with Crippen LogP contribution >= 0.6 is 0 Å². The van der Waals surface area contributed by atoms with E-state index in [1.54, 1.807) is 12.1 Å². The summed E-state index contributed by atoms with van der Waals surface area (Å²) in [6.45, 7) is 0.414. The van der Waals surface area contributed by atoms with Crippen molar-refractivity contribution < 1.29 is 5.11 Å². The van der Waals surface area contributed by atoms with Gasteiger partial charge < -0.3 is 21.6 Å². The van der Waals surface area contributed by atoms with Crippen LogP contribution < -0.4 is 11.5 Å². The average molecular weight is 204 g/mol. The van der Waals surface area contributed by atoms with Crippen LogP contribution in [0.25, 0.3) is 10.9 Å². The van der Waals surface area contributed by atoms with Gasteiger partial charge in [0.25, 0.3) is 0 Å². The van der Waals surface area contributed by atoms with Crippen LogP contribution in [-0.2, 0) is 6.54 Å². The van der Waals surface area contributed by atoms with Crippen LogP contribution in [0.15, 0.2) is 29.3 Å². The van der Waals surface area contributed by atoms with Gasteiger partial charge in [0.2, 0.25) is 0 Å². The molecule has 1 heterocycles. The Morgan fingerprint density at radius 2 is 2.13 bits per heavy atom. The van der Waals surface area contributed by atoms with Crippen LogP contribution in [0.3, 0.4) is 0 Å².